The maximum absolute atomic E-state index is 12.3. The predicted molar refractivity (Wildman–Crippen MR) is 108 cm³/mol. The highest BCUT2D eigenvalue weighted by molar-refractivity contribution is 8.00. The van der Waals surface area contributed by atoms with E-state index in [1.165, 1.54) is 5.56 Å². The number of nitrogens with one attached hydrogen (secondary N) is 1. The summed E-state index contributed by atoms with van der Waals surface area (Å²) in [4.78, 5) is 16.3. The second-order valence-electron chi connectivity index (χ2n) is 5.79. The third kappa shape index (κ3) is 5.35. The molecule has 0 aliphatic heterocycles. The Bertz CT molecular complexity index is 826. The summed E-state index contributed by atoms with van der Waals surface area (Å²) in [5.41, 5.74) is 3.29. The largest absolute Gasteiger partial charge is 0.351 e. The highest BCUT2D eigenvalue weighted by Crippen LogP contribution is 2.35. The molecule has 1 unspecified atom stereocenters. The summed E-state index contributed by atoms with van der Waals surface area (Å²) in [6.07, 6.45) is 3.48. The summed E-state index contributed by atoms with van der Waals surface area (Å²) < 4.78 is 0. The number of pyridine rings is 1. The quantitative estimate of drug-likeness (QED) is 0.633. The van der Waals surface area contributed by atoms with E-state index in [0.29, 0.717) is 17.3 Å². The molecule has 0 fully saturated rings. The molecule has 0 spiro atoms. The average molecular weight is 383 g/mol. The van der Waals surface area contributed by atoms with Gasteiger partial charge >= 0.3 is 0 Å². The van der Waals surface area contributed by atoms with E-state index >= 15 is 0 Å². The number of nitrogens with zero attached hydrogens (tertiary/aromatic N) is 1. The smallest absolute Gasteiger partial charge is 0.230 e. The number of carbonyl (C=O) groups excluding carboxylic acids is 1. The van der Waals surface area contributed by atoms with E-state index in [9.17, 15) is 4.79 Å². The van der Waals surface area contributed by atoms with Crippen molar-refractivity contribution in [2.24, 2.45) is 0 Å². The van der Waals surface area contributed by atoms with Gasteiger partial charge in [0.05, 0.1) is 11.0 Å². The zero-order chi connectivity index (χ0) is 18.2. The molecule has 3 rings (SSSR count). The minimum absolute atomic E-state index is 0.00810. The van der Waals surface area contributed by atoms with E-state index in [-0.39, 0.29) is 11.2 Å². The molecule has 2 aromatic carbocycles. The summed E-state index contributed by atoms with van der Waals surface area (Å²) in [5, 5.41) is 3.73. The molecule has 5 heteroatoms. The number of thioether (sulfide) groups is 1. The van der Waals surface area contributed by atoms with Crippen LogP contribution in [-0.2, 0) is 11.3 Å². The third-order valence-electron chi connectivity index (χ3n) is 3.87. The topological polar surface area (TPSA) is 42.0 Å². The summed E-state index contributed by atoms with van der Waals surface area (Å²) in [6.45, 7) is 0.490. The Kier molecular flexibility index (Phi) is 6.69. The van der Waals surface area contributed by atoms with Crippen molar-refractivity contribution in [2.45, 2.75) is 11.8 Å². The van der Waals surface area contributed by atoms with Crippen LogP contribution in [0.1, 0.15) is 21.9 Å². The minimum Gasteiger partial charge on any atom is -0.351 e. The Hall–Kier alpha value is -2.30. The molecular formula is C21H19ClN2OS. The number of carbonyl (C=O) groups is 1. The maximum atomic E-state index is 12.3. The monoisotopic (exact) mass is 382 g/mol. The van der Waals surface area contributed by atoms with Gasteiger partial charge in [0.2, 0.25) is 5.91 Å². The first-order chi connectivity index (χ1) is 12.7. The van der Waals surface area contributed by atoms with E-state index < -0.39 is 0 Å². The van der Waals surface area contributed by atoms with E-state index in [1.54, 1.807) is 24.2 Å². The molecule has 1 amide bonds. The fraction of sp³-hybridized carbons (Fsp3) is 0.143. The lowest BCUT2D eigenvalue weighted by molar-refractivity contribution is -0.118. The zero-order valence-corrected chi connectivity index (χ0v) is 15.7. The van der Waals surface area contributed by atoms with Gasteiger partial charge in [0.25, 0.3) is 0 Å². The molecule has 26 heavy (non-hydrogen) atoms. The van der Waals surface area contributed by atoms with Crippen molar-refractivity contribution in [3.63, 3.8) is 0 Å². The van der Waals surface area contributed by atoms with Crippen molar-refractivity contribution < 1.29 is 4.79 Å². The molecule has 0 saturated heterocycles. The molecule has 1 N–H and O–H groups in total. The van der Waals surface area contributed by atoms with Gasteiger partial charge in [-0.3, -0.25) is 9.78 Å². The second kappa shape index (κ2) is 9.41. The number of hydrogen-bond acceptors (Lipinski definition) is 3. The van der Waals surface area contributed by atoms with Gasteiger partial charge in [-0.05, 0) is 34.9 Å². The molecular weight excluding hydrogens is 364 g/mol. The van der Waals surface area contributed by atoms with Crippen LogP contribution in [0, 0.1) is 0 Å². The third-order valence-corrected chi connectivity index (χ3v) is 5.43. The van der Waals surface area contributed by atoms with Crippen LogP contribution in [0.2, 0.25) is 5.02 Å². The van der Waals surface area contributed by atoms with Crippen molar-refractivity contribution in [3.05, 3.63) is 101 Å². The Labute approximate surface area is 162 Å². The summed E-state index contributed by atoms with van der Waals surface area (Å²) in [6, 6.07) is 21.8. The lowest BCUT2D eigenvalue weighted by Crippen LogP contribution is -2.25. The minimum atomic E-state index is 0.00810. The van der Waals surface area contributed by atoms with Crippen LogP contribution in [0.15, 0.2) is 79.1 Å². The average Bonchev–Trinajstić information content (AvgIpc) is 2.69. The molecule has 0 bridgehead atoms. The van der Waals surface area contributed by atoms with Gasteiger partial charge in [0.1, 0.15) is 0 Å². The predicted octanol–water partition coefficient (Wildman–Crippen LogP) is 4.87. The fourth-order valence-electron chi connectivity index (χ4n) is 2.56. The van der Waals surface area contributed by atoms with Crippen LogP contribution in [0.5, 0.6) is 0 Å². The van der Waals surface area contributed by atoms with Gasteiger partial charge in [0, 0.05) is 24.0 Å². The molecule has 132 valence electrons. The lowest BCUT2D eigenvalue weighted by atomic mass is 10.0. The van der Waals surface area contributed by atoms with Gasteiger partial charge in [-0.25, -0.2) is 0 Å². The van der Waals surface area contributed by atoms with Gasteiger partial charge < -0.3 is 5.32 Å². The molecule has 1 atom stereocenters. The number of aromatic nitrogens is 1. The summed E-state index contributed by atoms with van der Waals surface area (Å²) in [7, 11) is 0. The highest BCUT2D eigenvalue weighted by atomic mass is 35.5. The first-order valence-corrected chi connectivity index (χ1v) is 9.72. The van der Waals surface area contributed by atoms with Gasteiger partial charge in [-0.15, -0.1) is 11.8 Å². The van der Waals surface area contributed by atoms with Crippen LogP contribution in [0.4, 0.5) is 0 Å². The Morgan fingerprint density at radius 3 is 2.42 bits per heavy atom. The molecule has 0 aliphatic rings. The Morgan fingerprint density at radius 2 is 1.73 bits per heavy atom. The van der Waals surface area contributed by atoms with Crippen LogP contribution >= 0.6 is 23.4 Å². The Morgan fingerprint density at radius 1 is 1.00 bits per heavy atom. The molecule has 1 heterocycles. The Balaban J connectivity index is 1.64. The molecule has 0 aliphatic carbocycles. The number of amides is 1. The van der Waals surface area contributed by atoms with Gasteiger partial charge in [-0.2, -0.15) is 0 Å². The maximum Gasteiger partial charge on any atom is 0.230 e. The highest BCUT2D eigenvalue weighted by Gasteiger charge is 2.16. The van der Waals surface area contributed by atoms with Crippen molar-refractivity contribution in [2.75, 3.05) is 5.75 Å². The fourth-order valence-corrected chi connectivity index (χ4v) is 3.81. The number of benzene rings is 2. The SMILES string of the molecule is O=C(CSC(c1ccccc1)c1ccc(Cl)cc1)NCc1cccnc1. The molecule has 3 aromatic rings. The van der Waals surface area contributed by atoms with Crippen molar-refractivity contribution in [3.8, 4) is 0 Å². The van der Waals surface area contributed by atoms with Crippen LogP contribution < -0.4 is 5.32 Å². The van der Waals surface area contributed by atoms with E-state index in [0.717, 1.165) is 11.1 Å². The standard InChI is InChI=1S/C21H19ClN2OS/c22-19-10-8-18(9-11-19)21(17-6-2-1-3-7-17)26-15-20(25)24-14-16-5-4-12-23-13-16/h1-13,21H,14-15H2,(H,24,25). The second-order valence-corrected chi connectivity index (χ2v) is 7.32. The number of hydrogen-bond donors (Lipinski definition) is 1. The number of rotatable bonds is 7. The summed E-state index contributed by atoms with van der Waals surface area (Å²) in [5.74, 6) is 0.386. The van der Waals surface area contributed by atoms with Crippen molar-refractivity contribution in [1.29, 1.82) is 0 Å². The van der Waals surface area contributed by atoms with Crippen molar-refractivity contribution >= 4 is 29.3 Å². The molecule has 3 nitrogen and oxygen atoms in total. The first-order valence-electron chi connectivity index (χ1n) is 8.30. The van der Waals surface area contributed by atoms with E-state index in [4.69, 9.17) is 11.6 Å². The van der Waals surface area contributed by atoms with Crippen LogP contribution in [0.25, 0.3) is 0 Å². The molecule has 0 saturated carbocycles. The lowest BCUT2D eigenvalue weighted by Gasteiger charge is -2.18. The zero-order valence-electron chi connectivity index (χ0n) is 14.1. The van der Waals surface area contributed by atoms with E-state index in [2.05, 4.69) is 22.4 Å². The molecule has 1 aromatic heterocycles. The van der Waals surface area contributed by atoms with E-state index in [1.807, 2.05) is 54.6 Å². The first kappa shape index (κ1) is 18.5. The van der Waals surface area contributed by atoms with Gasteiger partial charge in [-0.1, -0.05) is 60.1 Å². The van der Waals surface area contributed by atoms with Crippen LogP contribution in [-0.4, -0.2) is 16.6 Å². The molecule has 0 radical (unpaired) electrons. The van der Waals surface area contributed by atoms with Crippen LogP contribution in [0.3, 0.4) is 0 Å². The summed E-state index contributed by atoms with van der Waals surface area (Å²) >= 11 is 7.62. The number of halogens is 1. The normalized spacial score (nSPS) is 11.7. The van der Waals surface area contributed by atoms with Crippen molar-refractivity contribution in [1.82, 2.24) is 10.3 Å². The van der Waals surface area contributed by atoms with Gasteiger partial charge in [0.15, 0.2) is 0 Å².